The summed E-state index contributed by atoms with van der Waals surface area (Å²) in [4.78, 5) is 29.0. The summed E-state index contributed by atoms with van der Waals surface area (Å²) in [6.45, 7) is 1.86. The third kappa shape index (κ3) is 4.58. The molecule has 162 valence electrons. The minimum Gasteiger partial charge on any atom is -0.465 e. The number of oxazole rings is 1. The van der Waals surface area contributed by atoms with Crippen LogP contribution in [-0.2, 0) is 4.74 Å². The standard InChI is InChI=1S/C24H20ClN3O4/c1-14(15-6-8-16(9-7-15)23(30)31-2)26-22(29)19-4-3-5-20-21(19)32-24(28-20)27-18-12-10-17(25)11-13-18/h3-14H,1-2H3,(H,26,29)(H,27,28)/t14-/m0/s1. The fourth-order valence-electron chi connectivity index (χ4n) is 3.22. The van der Waals surface area contributed by atoms with Crippen molar-refractivity contribution in [1.82, 2.24) is 10.3 Å². The minimum atomic E-state index is -0.409. The predicted molar refractivity (Wildman–Crippen MR) is 122 cm³/mol. The second kappa shape index (κ2) is 9.11. The smallest absolute Gasteiger partial charge is 0.337 e. The average Bonchev–Trinajstić information content (AvgIpc) is 3.22. The van der Waals surface area contributed by atoms with Crippen LogP contribution in [0.4, 0.5) is 11.7 Å². The number of halogens is 1. The molecule has 1 atom stereocenters. The molecule has 0 saturated heterocycles. The maximum absolute atomic E-state index is 13.0. The summed E-state index contributed by atoms with van der Waals surface area (Å²) >= 11 is 5.92. The number of carbonyl (C=O) groups is 2. The van der Waals surface area contributed by atoms with Gasteiger partial charge < -0.3 is 19.8 Å². The van der Waals surface area contributed by atoms with Crippen LogP contribution in [0.1, 0.15) is 39.2 Å². The van der Waals surface area contributed by atoms with E-state index in [9.17, 15) is 9.59 Å². The number of methoxy groups -OCH3 is 1. The van der Waals surface area contributed by atoms with Crippen LogP contribution in [0.15, 0.2) is 71.1 Å². The van der Waals surface area contributed by atoms with Gasteiger partial charge in [-0.05, 0) is 61.0 Å². The number of rotatable bonds is 6. The van der Waals surface area contributed by atoms with Gasteiger partial charge in [-0.15, -0.1) is 0 Å². The monoisotopic (exact) mass is 449 g/mol. The highest BCUT2D eigenvalue weighted by Crippen LogP contribution is 2.26. The van der Waals surface area contributed by atoms with Gasteiger partial charge in [0, 0.05) is 10.7 Å². The fourth-order valence-corrected chi connectivity index (χ4v) is 3.35. The zero-order valence-corrected chi connectivity index (χ0v) is 18.1. The van der Waals surface area contributed by atoms with Crippen molar-refractivity contribution in [3.63, 3.8) is 0 Å². The summed E-state index contributed by atoms with van der Waals surface area (Å²) in [7, 11) is 1.33. The number of ether oxygens (including phenoxy) is 1. The lowest BCUT2D eigenvalue weighted by molar-refractivity contribution is 0.0600. The van der Waals surface area contributed by atoms with Gasteiger partial charge in [-0.2, -0.15) is 4.98 Å². The molecule has 32 heavy (non-hydrogen) atoms. The third-order valence-corrected chi connectivity index (χ3v) is 5.19. The summed E-state index contributed by atoms with van der Waals surface area (Å²) < 4.78 is 10.5. The Balaban J connectivity index is 1.52. The third-order valence-electron chi connectivity index (χ3n) is 4.93. The lowest BCUT2D eigenvalue weighted by Gasteiger charge is -2.15. The fraction of sp³-hybridized carbons (Fsp3) is 0.125. The van der Waals surface area contributed by atoms with Crippen LogP contribution in [-0.4, -0.2) is 24.0 Å². The molecule has 0 unspecified atom stereocenters. The van der Waals surface area contributed by atoms with Gasteiger partial charge in [-0.3, -0.25) is 4.79 Å². The lowest BCUT2D eigenvalue weighted by atomic mass is 10.1. The van der Waals surface area contributed by atoms with E-state index in [-0.39, 0.29) is 18.0 Å². The molecule has 7 nitrogen and oxygen atoms in total. The molecule has 0 aliphatic rings. The maximum Gasteiger partial charge on any atom is 0.337 e. The number of anilines is 2. The number of aromatic nitrogens is 1. The van der Waals surface area contributed by atoms with E-state index in [1.165, 1.54) is 7.11 Å². The number of amides is 1. The van der Waals surface area contributed by atoms with Crippen molar-refractivity contribution in [3.05, 3.63) is 88.4 Å². The molecule has 0 fully saturated rings. The number of hydrogen-bond donors (Lipinski definition) is 2. The van der Waals surface area contributed by atoms with Gasteiger partial charge in [0.2, 0.25) is 0 Å². The number of carbonyl (C=O) groups excluding carboxylic acids is 2. The predicted octanol–water partition coefficient (Wildman–Crippen LogP) is 5.50. The molecule has 0 saturated carbocycles. The van der Waals surface area contributed by atoms with Crippen LogP contribution in [0, 0.1) is 0 Å². The van der Waals surface area contributed by atoms with E-state index in [4.69, 9.17) is 20.8 Å². The molecule has 0 aliphatic heterocycles. The number of nitrogens with zero attached hydrogens (tertiary/aromatic N) is 1. The van der Waals surface area contributed by atoms with Gasteiger partial charge in [-0.1, -0.05) is 29.8 Å². The molecule has 8 heteroatoms. The van der Waals surface area contributed by atoms with Gasteiger partial charge in [0.25, 0.3) is 11.9 Å². The van der Waals surface area contributed by atoms with Crippen molar-refractivity contribution < 1.29 is 18.7 Å². The Labute approximate surface area is 189 Å². The van der Waals surface area contributed by atoms with Crippen LogP contribution >= 0.6 is 11.6 Å². The first kappa shape index (κ1) is 21.4. The van der Waals surface area contributed by atoms with Crippen molar-refractivity contribution >= 4 is 46.3 Å². The van der Waals surface area contributed by atoms with Crippen molar-refractivity contribution in [2.75, 3.05) is 12.4 Å². The highest BCUT2D eigenvalue weighted by atomic mass is 35.5. The number of esters is 1. The molecule has 1 aromatic heterocycles. The van der Waals surface area contributed by atoms with E-state index >= 15 is 0 Å². The maximum atomic E-state index is 13.0. The number of nitrogens with one attached hydrogen (secondary N) is 2. The Morgan fingerprint density at radius 1 is 1.03 bits per heavy atom. The van der Waals surface area contributed by atoms with Crippen LogP contribution in [0.2, 0.25) is 5.02 Å². The Hall–Kier alpha value is -3.84. The van der Waals surface area contributed by atoms with Crippen LogP contribution in [0.5, 0.6) is 0 Å². The lowest BCUT2D eigenvalue weighted by Crippen LogP contribution is -2.26. The van der Waals surface area contributed by atoms with E-state index in [0.29, 0.717) is 27.2 Å². The van der Waals surface area contributed by atoms with E-state index in [2.05, 4.69) is 15.6 Å². The van der Waals surface area contributed by atoms with Crippen LogP contribution < -0.4 is 10.6 Å². The van der Waals surface area contributed by atoms with E-state index in [1.807, 2.05) is 6.92 Å². The first-order valence-corrected chi connectivity index (χ1v) is 10.2. The van der Waals surface area contributed by atoms with Gasteiger partial charge in [0.1, 0.15) is 5.52 Å². The molecular formula is C24H20ClN3O4. The van der Waals surface area contributed by atoms with Crippen LogP contribution in [0.25, 0.3) is 11.1 Å². The molecular weight excluding hydrogens is 430 g/mol. The van der Waals surface area contributed by atoms with Crippen LogP contribution in [0.3, 0.4) is 0 Å². The summed E-state index contributed by atoms with van der Waals surface area (Å²) in [5.41, 5.74) is 3.37. The summed E-state index contributed by atoms with van der Waals surface area (Å²) in [5.74, 6) is -0.706. The summed E-state index contributed by atoms with van der Waals surface area (Å²) in [6, 6.07) is 19.2. The van der Waals surface area contributed by atoms with Gasteiger partial charge in [0.15, 0.2) is 5.58 Å². The Morgan fingerprint density at radius 2 is 1.75 bits per heavy atom. The van der Waals surface area contributed by atoms with Gasteiger partial charge in [0.05, 0.1) is 24.3 Å². The SMILES string of the molecule is COC(=O)c1ccc([C@H](C)NC(=O)c2cccc3nc(Nc4ccc(Cl)cc4)oc23)cc1. The first-order valence-electron chi connectivity index (χ1n) is 9.86. The van der Waals surface area contributed by atoms with Crippen molar-refractivity contribution in [2.45, 2.75) is 13.0 Å². The van der Waals surface area contributed by atoms with E-state index in [0.717, 1.165) is 11.3 Å². The van der Waals surface area contributed by atoms with Crippen molar-refractivity contribution in [1.29, 1.82) is 0 Å². The molecule has 0 radical (unpaired) electrons. The van der Waals surface area contributed by atoms with Gasteiger partial charge >= 0.3 is 5.97 Å². The highest BCUT2D eigenvalue weighted by Gasteiger charge is 2.18. The molecule has 1 heterocycles. The van der Waals surface area contributed by atoms with Crippen molar-refractivity contribution in [3.8, 4) is 0 Å². The highest BCUT2D eigenvalue weighted by molar-refractivity contribution is 6.30. The Bertz CT molecular complexity index is 1270. The van der Waals surface area contributed by atoms with E-state index in [1.54, 1.807) is 66.7 Å². The topological polar surface area (TPSA) is 93.5 Å². The molecule has 3 aromatic carbocycles. The van der Waals surface area contributed by atoms with E-state index < -0.39 is 5.97 Å². The largest absolute Gasteiger partial charge is 0.465 e. The molecule has 0 aliphatic carbocycles. The molecule has 2 N–H and O–H groups in total. The molecule has 4 rings (SSSR count). The normalized spacial score (nSPS) is 11.7. The molecule has 4 aromatic rings. The first-order chi connectivity index (χ1) is 15.4. The number of para-hydroxylation sites is 1. The molecule has 0 bridgehead atoms. The Kier molecular flexibility index (Phi) is 6.09. The summed E-state index contributed by atoms with van der Waals surface area (Å²) in [5, 5.41) is 6.65. The zero-order valence-electron chi connectivity index (χ0n) is 17.4. The minimum absolute atomic E-state index is 0.272. The zero-order chi connectivity index (χ0) is 22.7. The molecule has 0 spiro atoms. The van der Waals surface area contributed by atoms with Crippen molar-refractivity contribution in [2.24, 2.45) is 0 Å². The summed E-state index contributed by atoms with van der Waals surface area (Å²) in [6.07, 6.45) is 0. The van der Waals surface area contributed by atoms with Gasteiger partial charge in [-0.25, -0.2) is 4.79 Å². The quantitative estimate of drug-likeness (QED) is 0.377. The molecule has 1 amide bonds. The second-order valence-electron chi connectivity index (χ2n) is 7.11. The number of hydrogen-bond acceptors (Lipinski definition) is 6. The number of benzene rings is 3. The average molecular weight is 450 g/mol. The number of fused-ring (bicyclic) bond motifs is 1. The Morgan fingerprint density at radius 3 is 2.44 bits per heavy atom. The second-order valence-corrected chi connectivity index (χ2v) is 7.55.